The molecule has 0 aliphatic carbocycles. The van der Waals surface area contributed by atoms with E-state index in [0.717, 1.165) is 58.4 Å². The number of carbonyl (C=O) groups is 1. The summed E-state index contributed by atoms with van der Waals surface area (Å²) in [6.45, 7) is 4.88. The number of nitrogens with zero attached hydrogens (tertiary/aromatic N) is 2. The van der Waals surface area contributed by atoms with Crippen molar-refractivity contribution in [1.29, 1.82) is 0 Å². The Morgan fingerprint density at radius 2 is 1.27 bits per heavy atom. The van der Waals surface area contributed by atoms with E-state index in [0.29, 0.717) is 5.91 Å². The molecule has 2 saturated heterocycles. The lowest BCUT2D eigenvalue weighted by Crippen LogP contribution is -2.44. The Hall–Kier alpha value is -2.91. The van der Waals surface area contributed by atoms with Crippen molar-refractivity contribution in [3.8, 4) is 11.1 Å². The number of rotatable bonds is 7. The number of hydrogen-bond donors (Lipinski definition) is 0. The van der Waals surface area contributed by atoms with E-state index in [2.05, 4.69) is 88.7 Å². The molecule has 1 amide bonds. The molecule has 170 valence electrons. The van der Waals surface area contributed by atoms with Crippen LogP contribution in [0.15, 0.2) is 84.9 Å². The molecule has 0 unspecified atom stereocenters. The molecule has 2 heterocycles. The topological polar surface area (TPSA) is 23.6 Å². The number of piperidine rings is 1. The molecule has 5 rings (SSSR count). The Bertz CT molecular complexity index is 1040. The standard InChI is InChI=1S/C30H34N2O/c33-29-30(17-21-31(22-18-30)20-7-10-25-8-3-1-4-9-25)19-23-32(29)24-26-13-15-28(16-14-26)27-11-5-2-6-12-27/h1-6,8-9,11-16H,7,10,17-24H2. The third kappa shape index (κ3) is 5.04. The molecule has 0 N–H and O–H groups in total. The highest BCUT2D eigenvalue weighted by molar-refractivity contribution is 5.85. The third-order valence-corrected chi connectivity index (χ3v) is 7.63. The van der Waals surface area contributed by atoms with Crippen molar-refractivity contribution < 1.29 is 4.79 Å². The average Bonchev–Trinajstić information content (AvgIpc) is 3.17. The van der Waals surface area contributed by atoms with Crippen LogP contribution in [0.3, 0.4) is 0 Å². The molecular formula is C30H34N2O. The first-order valence-electron chi connectivity index (χ1n) is 12.4. The van der Waals surface area contributed by atoms with Gasteiger partial charge in [-0.2, -0.15) is 0 Å². The molecule has 33 heavy (non-hydrogen) atoms. The molecular weight excluding hydrogens is 404 g/mol. The zero-order valence-electron chi connectivity index (χ0n) is 19.5. The summed E-state index contributed by atoms with van der Waals surface area (Å²) < 4.78 is 0. The summed E-state index contributed by atoms with van der Waals surface area (Å²) in [6, 6.07) is 29.9. The normalized spacial score (nSPS) is 18.2. The summed E-state index contributed by atoms with van der Waals surface area (Å²) in [7, 11) is 0. The number of hydrogen-bond acceptors (Lipinski definition) is 2. The second-order valence-electron chi connectivity index (χ2n) is 9.75. The zero-order valence-corrected chi connectivity index (χ0v) is 19.5. The number of likely N-dealkylation sites (tertiary alicyclic amines) is 2. The second-order valence-corrected chi connectivity index (χ2v) is 9.75. The van der Waals surface area contributed by atoms with Gasteiger partial charge in [0, 0.05) is 13.1 Å². The van der Waals surface area contributed by atoms with Gasteiger partial charge in [-0.25, -0.2) is 0 Å². The predicted molar refractivity (Wildman–Crippen MR) is 135 cm³/mol. The van der Waals surface area contributed by atoms with Crippen LogP contribution in [0.2, 0.25) is 0 Å². The summed E-state index contributed by atoms with van der Waals surface area (Å²) in [4.78, 5) is 18.0. The van der Waals surface area contributed by atoms with Crippen molar-refractivity contribution in [2.45, 2.75) is 38.6 Å². The van der Waals surface area contributed by atoms with Crippen LogP contribution in [-0.4, -0.2) is 41.9 Å². The summed E-state index contributed by atoms with van der Waals surface area (Å²) in [5.74, 6) is 0.388. The highest BCUT2D eigenvalue weighted by Gasteiger charge is 2.47. The van der Waals surface area contributed by atoms with Crippen molar-refractivity contribution in [2.75, 3.05) is 26.2 Å². The summed E-state index contributed by atoms with van der Waals surface area (Å²) >= 11 is 0. The maximum atomic E-state index is 13.4. The molecule has 0 bridgehead atoms. The van der Waals surface area contributed by atoms with Crippen LogP contribution in [0.5, 0.6) is 0 Å². The van der Waals surface area contributed by atoms with Crippen LogP contribution in [0.25, 0.3) is 11.1 Å². The third-order valence-electron chi connectivity index (χ3n) is 7.63. The Labute approximate surface area is 198 Å². The Morgan fingerprint density at radius 3 is 1.97 bits per heavy atom. The van der Waals surface area contributed by atoms with Gasteiger partial charge in [0.05, 0.1) is 5.41 Å². The van der Waals surface area contributed by atoms with Crippen molar-refractivity contribution >= 4 is 5.91 Å². The number of benzene rings is 3. The fourth-order valence-electron chi connectivity index (χ4n) is 5.52. The van der Waals surface area contributed by atoms with Crippen molar-refractivity contribution in [1.82, 2.24) is 9.80 Å². The smallest absolute Gasteiger partial charge is 0.229 e. The molecule has 0 radical (unpaired) electrons. The lowest BCUT2D eigenvalue weighted by atomic mass is 9.77. The summed E-state index contributed by atoms with van der Waals surface area (Å²) in [5, 5.41) is 0. The minimum atomic E-state index is -0.111. The maximum absolute atomic E-state index is 13.4. The average molecular weight is 439 g/mol. The molecule has 3 aromatic carbocycles. The van der Waals surface area contributed by atoms with Gasteiger partial charge in [0.15, 0.2) is 0 Å². The summed E-state index contributed by atoms with van der Waals surface area (Å²) in [5.41, 5.74) is 4.99. The second kappa shape index (κ2) is 9.93. The molecule has 0 saturated carbocycles. The quantitative estimate of drug-likeness (QED) is 0.465. The zero-order chi connectivity index (χ0) is 22.5. The van der Waals surface area contributed by atoms with Crippen LogP contribution < -0.4 is 0 Å². The van der Waals surface area contributed by atoms with Crippen LogP contribution in [0.1, 0.15) is 36.8 Å². The van der Waals surface area contributed by atoms with E-state index < -0.39 is 0 Å². The molecule has 2 aliphatic heterocycles. The van der Waals surface area contributed by atoms with Gasteiger partial charge < -0.3 is 9.80 Å². The minimum Gasteiger partial charge on any atom is -0.338 e. The molecule has 2 fully saturated rings. The molecule has 3 aromatic rings. The van der Waals surface area contributed by atoms with Crippen LogP contribution in [0, 0.1) is 5.41 Å². The van der Waals surface area contributed by atoms with Gasteiger partial charge in [0.1, 0.15) is 0 Å². The van der Waals surface area contributed by atoms with Crippen LogP contribution in [0.4, 0.5) is 0 Å². The first-order chi connectivity index (χ1) is 16.2. The first-order valence-corrected chi connectivity index (χ1v) is 12.4. The van der Waals surface area contributed by atoms with Crippen molar-refractivity contribution in [3.05, 3.63) is 96.1 Å². The maximum Gasteiger partial charge on any atom is 0.229 e. The minimum absolute atomic E-state index is 0.111. The number of aryl methyl sites for hydroxylation is 1. The monoisotopic (exact) mass is 438 g/mol. The van der Waals surface area contributed by atoms with E-state index in [1.54, 1.807) is 0 Å². The Morgan fingerprint density at radius 1 is 0.667 bits per heavy atom. The lowest BCUT2D eigenvalue weighted by molar-refractivity contribution is -0.138. The van der Waals surface area contributed by atoms with E-state index >= 15 is 0 Å². The van der Waals surface area contributed by atoms with Gasteiger partial charge in [-0.15, -0.1) is 0 Å². The van der Waals surface area contributed by atoms with Crippen molar-refractivity contribution in [2.24, 2.45) is 5.41 Å². The van der Waals surface area contributed by atoms with Crippen LogP contribution in [-0.2, 0) is 17.8 Å². The summed E-state index contributed by atoms with van der Waals surface area (Å²) in [6.07, 6.45) is 5.38. The van der Waals surface area contributed by atoms with Gasteiger partial charge in [0.25, 0.3) is 0 Å². The highest BCUT2D eigenvalue weighted by Crippen LogP contribution is 2.42. The van der Waals surface area contributed by atoms with E-state index in [1.165, 1.54) is 28.7 Å². The number of amides is 1. The lowest BCUT2D eigenvalue weighted by Gasteiger charge is -2.38. The molecule has 0 atom stereocenters. The fourth-order valence-corrected chi connectivity index (χ4v) is 5.52. The molecule has 1 spiro atoms. The fraction of sp³-hybridized carbons (Fsp3) is 0.367. The van der Waals surface area contributed by atoms with Gasteiger partial charge in [-0.1, -0.05) is 84.9 Å². The van der Waals surface area contributed by atoms with E-state index in [4.69, 9.17) is 0 Å². The van der Waals surface area contributed by atoms with Gasteiger partial charge in [-0.05, 0) is 74.0 Å². The molecule has 0 aromatic heterocycles. The molecule has 3 heteroatoms. The SMILES string of the molecule is O=C1N(Cc2ccc(-c3ccccc3)cc2)CCC12CCN(CCCc1ccccc1)CC2. The van der Waals surface area contributed by atoms with Crippen LogP contribution >= 0.6 is 0 Å². The highest BCUT2D eigenvalue weighted by atomic mass is 16.2. The first kappa shape index (κ1) is 21.9. The largest absolute Gasteiger partial charge is 0.338 e. The van der Waals surface area contributed by atoms with Gasteiger partial charge in [0.2, 0.25) is 5.91 Å². The van der Waals surface area contributed by atoms with Gasteiger partial charge >= 0.3 is 0 Å². The van der Waals surface area contributed by atoms with E-state index in [1.807, 2.05) is 6.07 Å². The number of carbonyl (C=O) groups excluding carboxylic acids is 1. The van der Waals surface area contributed by atoms with E-state index in [9.17, 15) is 4.79 Å². The van der Waals surface area contributed by atoms with Crippen molar-refractivity contribution in [3.63, 3.8) is 0 Å². The predicted octanol–water partition coefficient (Wildman–Crippen LogP) is 5.80. The molecule has 3 nitrogen and oxygen atoms in total. The van der Waals surface area contributed by atoms with Gasteiger partial charge in [-0.3, -0.25) is 4.79 Å². The Balaban J connectivity index is 1.11. The van der Waals surface area contributed by atoms with E-state index in [-0.39, 0.29) is 5.41 Å². The Kier molecular flexibility index (Phi) is 6.59. The molecule has 2 aliphatic rings.